The van der Waals surface area contributed by atoms with Crippen LogP contribution in [0.2, 0.25) is 0 Å². The molecule has 1 atom stereocenters. The summed E-state index contributed by atoms with van der Waals surface area (Å²) >= 11 is 3.65. The highest BCUT2D eigenvalue weighted by Crippen LogP contribution is 2.31. The zero-order chi connectivity index (χ0) is 15.4. The van der Waals surface area contributed by atoms with Gasteiger partial charge in [-0.25, -0.2) is 0 Å². The molecule has 0 aliphatic heterocycles. The first-order valence-corrected chi connectivity index (χ1v) is 8.29. The largest absolute Gasteiger partial charge is 0.304 e. The lowest BCUT2D eigenvalue weighted by molar-refractivity contribution is 0.470. The van der Waals surface area contributed by atoms with Crippen LogP contribution in [0.1, 0.15) is 56.7 Å². The molecule has 2 aromatic rings. The second-order valence-corrected chi connectivity index (χ2v) is 6.16. The zero-order valence-corrected chi connectivity index (χ0v) is 14.7. The average Bonchev–Trinajstić information content (AvgIpc) is 2.86. The van der Waals surface area contributed by atoms with E-state index in [9.17, 15) is 0 Å². The predicted octanol–water partition coefficient (Wildman–Crippen LogP) is 3.88. The molecule has 1 unspecified atom stereocenters. The van der Waals surface area contributed by atoms with Gasteiger partial charge in [0.2, 0.25) is 0 Å². The van der Waals surface area contributed by atoms with E-state index in [1.165, 1.54) is 5.56 Å². The average molecular weight is 351 g/mol. The van der Waals surface area contributed by atoms with E-state index < -0.39 is 0 Å². The molecule has 0 radical (unpaired) electrons. The number of nitrogens with zero attached hydrogens (tertiary/aromatic N) is 3. The van der Waals surface area contributed by atoms with E-state index >= 15 is 0 Å². The van der Waals surface area contributed by atoms with E-state index in [0.29, 0.717) is 6.04 Å². The highest BCUT2D eigenvalue weighted by Gasteiger charge is 2.25. The maximum atomic E-state index is 4.64. The van der Waals surface area contributed by atoms with Crippen molar-refractivity contribution in [3.8, 4) is 0 Å². The van der Waals surface area contributed by atoms with Gasteiger partial charge in [-0.2, -0.15) is 5.10 Å². The van der Waals surface area contributed by atoms with E-state index in [0.717, 1.165) is 28.8 Å². The zero-order valence-electron chi connectivity index (χ0n) is 13.1. The van der Waals surface area contributed by atoms with Gasteiger partial charge in [0, 0.05) is 12.2 Å². The molecule has 0 bridgehead atoms. The maximum absolute atomic E-state index is 4.64. The Bertz CT molecular complexity index is 592. The van der Waals surface area contributed by atoms with Crippen molar-refractivity contribution >= 4 is 15.9 Å². The highest BCUT2D eigenvalue weighted by atomic mass is 79.9. The van der Waals surface area contributed by atoms with Crippen LogP contribution in [0.3, 0.4) is 0 Å². The van der Waals surface area contributed by atoms with Crippen LogP contribution in [0, 0.1) is 0 Å². The Balaban J connectivity index is 2.56. The minimum Gasteiger partial charge on any atom is -0.304 e. The number of aromatic nitrogens is 3. The van der Waals surface area contributed by atoms with Crippen molar-refractivity contribution in [3.05, 3.63) is 46.0 Å². The fraction of sp³-hybridized carbons (Fsp3) is 0.500. The summed E-state index contributed by atoms with van der Waals surface area (Å²) in [6.07, 6.45) is 4.70. The maximum Gasteiger partial charge on any atom is 0.0936 e. The second kappa shape index (κ2) is 7.18. The monoisotopic (exact) mass is 350 g/mol. The fourth-order valence-corrected chi connectivity index (χ4v) is 3.07. The lowest BCUT2D eigenvalue weighted by atomic mass is 10.0. The third-order valence-corrected chi connectivity index (χ3v) is 4.15. The molecule has 0 fully saturated rings. The quantitative estimate of drug-likeness (QED) is 0.859. The first-order valence-electron chi connectivity index (χ1n) is 7.50. The molecular formula is C16H23BrN4. The van der Waals surface area contributed by atoms with Crippen molar-refractivity contribution in [2.45, 2.75) is 46.2 Å². The van der Waals surface area contributed by atoms with Crippen LogP contribution < -0.4 is 5.32 Å². The van der Waals surface area contributed by atoms with Crippen molar-refractivity contribution in [3.63, 3.8) is 0 Å². The molecule has 114 valence electrons. The fourth-order valence-electron chi connectivity index (χ4n) is 2.57. The van der Waals surface area contributed by atoms with Crippen LogP contribution in [-0.4, -0.2) is 21.3 Å². The third kappa shape index (κ3) is 3.35. The Morgan fingerprint density at radius 1 is 1.33 bits per heavy atom. The Morgan fingerprint density at radius 3 is 2.71 bits per heavy atom. The molecule has 1 N–H and O–H groups in total. The van der Waals surface area contributed by atoms with Gasteiger partial charge in [-0.05, 0) is 54.4 Å². The van der Waals surface area contributed by atoms with Gasteiger partial charge in [0.1, 0.15) is 0 Å². The molecule has 0 amide bonds. The lowest BCUT2D eigenvalue weighted by Gasteiger charge is -2.23. The number of rotatable bonds is 6. The first-order chi connectivity index (χ1) is 10.1. The van der Waals surface area contributed by atoms with Gasteiger partial charge in [0.15, 0.2) is 0 Å². The van der Waals surface area contributed by atoms with Crippen LogP contribution >= 0.6 is 15.9 Å². The molecule has 2 aromatic heterocycles. The first kappa shape index (κ1) is 16.2. The molecule has 0 spiro atoms. The number of pyridine rings is 1. The summed E-state index contributed by atoms with van der Waals surface area (Å²) in [5, 5.41) is 8.06. The van der Waals surface area contributed by atoms with Crippen molar-refractivity contribution in [1.82, 2.24) is 20.1 Å². The standard InChI is InChI=1S/C16H23BrN4/c1-5-12-8-7-9-19-14(12)15(18-6-2)16-13(17)10-20-21(16)11(3)4/h7-11,15,18H,5-6H2,1-4H3. The van der Waals surface area contributed by atoms with E-state index in [1.807, 2.05) is 18.5 Å². The van der Waals surface area contributed by atoms with Gasteiger partial charge in [0.25, 0.3) is 0 Å². The Morgan fingerprint density at radius 2 is 2.10 bits per heavy atom. The van der Waals surface area contributed by atoms with Crippen molar-refractivity contribution in [2.24, 2.45) is 0 Å². The van der Waals surface area contributed by atoms with E-state index in [2.05, 4.69) is 69.8 Å². The second-order valence-electron chi connectivity index (χ2n) is 5.31. The SMILES string of the molecule is CCNC(c1ncccc1CC)c1c(Br)cnn1C(C)C. The minimum atomic E-state index is 0.0467. The molecule has 4 nitrogen and oxygen atoms in total. The van der Waals surface area contributed by atoms with Gasteiger partial charge in [-0.1, -0.05) is 19.9 Å². The summed E-state index contributed by atoms with van der Waals surface area (Å²) in [6, 6.07) is 4.50. The van der Waals surface area contributed by atoms with Crippen molar-refractivity contribution < 1.29 is 0 Å². The van der Waals surface area contributed by atoms with Crippen molar-refractivity contribution in [2.75, 3.05) is 6.54 Å². The van der Waals surface area contributed by atoms with Crippen LogP contribution in [0.25, 0.3) is 0 Å². The number of aryl methyl sites for hydroxylation is 1. The summed E-state index contributed by atoms with van der Waals surface area (Å²) in [4.78, 5) is 4.64. The van der Waals surface area contributed by atoms with Gasteiger partial charge in [-0.3, -0.25) is 9.67 Å². The van der Waals surface area contributed by atoms with Gasteiger partial charge in [-0.15, -0.1) is 0 Å². The Labute approximate surface area is 135 Å². The Hall–Kier alpha value is -1.20. The molecule has 2 heterocycles. The van der Waals surface area contributed by atoms with Gasteiger partial charge >= 0.3 is 0 Å². The minimum absolute atomic E-state index is 0.0467. The van der Waals surface area contributed by atoms with Gasteiger partial charge < -0.3 is 5.32 Å². The van der Waals surface area contributed by atoms with E-state index in [1.54, 1.807) is 0 Å². The van der Waals surface area contributed by atoms with Crippen LogP contribution in [0.15, 0.2) is 29.0 Å². The van der Waals surface area contributed by atoms with E-state index in [4.69, 9.17) is 0 Å². The topological polar surface area (TPSA) is 42.7 Å². The molecule has 21 heavy (non-hydrogen) atoms. The van der Waals surface area contributed by atoms with Crippen LogP contribution in [0.5, 0.6) is 0 Å². The molecule has 0 aliphatic rings. The summed E-state index contributed by atoms with van der Waals surface area (Å²) in [6.45, 7) is 9.44. The van der Waals surface area contributed by atoms with Crippen molar-refractivity contribution in [1.29, 1.82) is 0 Å². The molecular weight excluding hydrogens is 328 g/mol. The van der Waals surface area contributed by atoms with Crippen LogP contribution in [0.4, 0.5) is 0 Å². The van der Waals surface area contributed by atoms with Crippen LogP contribution in [-0.2, 0) is 6.42 Å². The summed E-state index contributed by atoms with van der Waals surface area (Å²) < 4.78 is 3.08. The summed E-state index contributed by atoms with van der Waals surface area (Å²) in [5.74, 6) is 0. The Kier molecular flexibility index (Phi) is 5.53. The molecule has 0 saturated heterocycles. The lowest BCUT2D eigenvalue weighted by Crippen LogP contribution is -2.27. The summed E-state index contributed by atoms with van der Waals surface area (Å²) in [7, 11) is 0. The molecule has 2 rings (SSSR count). The third-order valence-electron chi connectivity index (χ3n) is 3.54. The highest BCUT2D eigenvalue weighted by molar-refractivity contribution is 9.10. The normalized spacial score (nSPS) is 12.9. The number of hydrogen-bond acceptors (Lipinski definition) is 3. The number of halogens is 1. The number of hydrogen-bond donors (Lipinski definition) is 1. The van der Waals surface area contributed by atoms with E-state index in [-0.39, 0.29) is 6.04 Å². The molecule has 0 aromatic carbocycles. The molecule has 5 heteroatoms. The predicted molar refractivity (Wildman–Crippen MR) is 89.4 cm³/mol. The smallest absolute Gasteiger partial charge is 0.0936 e. The summed E-state index contributed by atoms with van der Waals surface area (Å²) in [5.41, 5.74) is 3.50. The molecule has 0 aliphatic carbocycles. The van der Waals surface area contributed by atoms with Gasteiger partial charge in [0.05, 0.1) is 28.1 Å². The number of nitrogens with one attached hydrogen (secondary N) is 1. The molecule has 0 saturated carbocycles.